The molecule has 0 radical (unpaired) electrons. The highest BCUT2D eigenvalue weighted by Crippen LogP contribution is 2.71. The van der Waals surface area contributed by atoms with Gasteiger partial charge in [-0.25, -0.2) is 4.98 Å². The molecule has 0 spiro atoms. The van der Waals surface area contributed by atoms with Crippen LogP contribution in [0.4, 0.5) is 22.0 Å². The molecule has 0 bridgehead atoms. The number of amides is 10. The van der Waals surface area contributed by atoms with E-state index in [-0.39, 0.29) is 131 Å². The van der Waals surface area contributed by atoms with Crippen molar-refractivity contribution in [1.29, 1.82) is 0 Å². The highest BCUT2D eigenvalue weighted by Gasteiger charge is 2.79. The Morgan fingerprint density at radius 3 is 1.79 bits per heavy atom. The zero-order valence-corrected chi connectivity index (χ0v) is 72.3. The summed E-state index contributed by atoms with van der Waals surface area (Å²) in [4.78, 5) is 184. The average Bonchev–Trinajstić information content (AvgIpc) is 1.55. The first-order chi connectivity index (χ1) is 61.4. The number of benzene rings is 4. The number of aliphatic hydroxyl groups is 2. The Kier molecular flexibility index (Phi) is 30.5. The van der Waals surface area contributed by atoms with Gasteiger partial charge in [-0.3, -0.25) is 62.5 Å². The van der Waals surface area contributed by atoms with E-state index in [4.69, 9.17) is 11.5 Å². The van der Waals surface area contributed by atoms with E-state index in [9.17, 15) is 85.2 Å². The number of fused-ring (bicyclic) bond motifs is 6. The van der Waals surface area contributed by atoms with E-state index in [1.54, 1.807) is 73.9 Å². The standard InChI is InChI=1S/C64H83N17O12.C28H29F5O3/c1-4-68-62(92)53-16-10-24-81(53)63(93)46(15-9-23-69-64(65)66)74-56(86)47(25-35(2)3)75-58(88)49(27-37-30-70-43-13-7-5-11-41(37)43)77-57(87)48(26-36-17-19-40(83)20-18-36)76-61(91)52(33-82)80-59(89)50(28-38-31-71-44-14-8-6-12-42(38)44)78-60(90)51(29-39-32-67-34-72-39)79-55(85)45-21-22-54(84)73-45;1-15(34)16-3-5-17(6-4-16)22-14-25(2)23(11-12-26(25,36)27(29,30)28(31,32)33)21-9-7-18-13-19(35)8-10-20(18)24(21)22/h5-8,11-14,17-20,30-32,34-35,45-53,70-71,82-83H,4,9-10,15-16,21-29,33H2,1-3H3,(H,67,72)(H,68,92)(H,73,84)(H,74,86)(H,75,88)(H,76,91)(H,77,87)(H,78,90)(H,79,85)(H,80,89)(H4,65,66,69);3-6,13,21-23,36H,7-12,14H2,1-2H3/t45-,46-,47-,48-,49+,50-,51-,52-,53-;21-,22+,23-,25-,26-/m00/s1. The van der Waals surface area contributed by atoms with Crippen LogP contribution >= 0.6 is 0 Å². The number of rotatable bonds is 35. The molecule has 4 aromatic carbocycles. The number of likely N-dealkylation sites (N-methyl/N-ethyl adjacent to an activating group) is 1. The highest BCUT2D eigenvalue weighted by molar-refractivity contribution is 6.01. The summed E-state index contributed by atoms with van der Waals surface area (Å²) in [5, 5.41) is 58.3. The van der Waals surface area contributed by atoms with Gasteiger partial charge >= 0.3 is 12.1 Å². The number of nitrogens with one attached hydrogen (secondary N) is 12. The lowest BCUT2D eigenvalue weighted by molar-refractivity contribution is -0.362. The van der Waals surface area contributed by atoms with Crippen LogP contribution in [0.5, 0.6) is 5.75 Å². The number of phenols is 1. The molecule has 4 aliphatic carbocycles. The van der Waals surface area contributed by atoms with E-state index >= 15 is 9.59 Å². The van der Waals surface area contributed by atoms with Gasteiger partial charge < -0.3 is 94.5 Å². The molecule has 690 valence electrons. The zero-order chi connectivity index (χ0) is 93.0. The number of hydrogen-bond donors (Lipinski definition) is 17. The monoisotopic (exact) mass is 1790 g/mol. The molecule has 2 saturated carbocycles. The molecule has 10 amide bonds. The molecule has 4 fully saturated rings. The smallest absolute Gasteiger partial charge is 0.456 e. The van der Waals surface area contributed by atoms with Gasteiger partial charge in [-0.2, -0.15) is 22.0 Å². The number of para-hydroxylation sites is 2. The van der Waals surface area contributed by atoms with Crippen LogP contribution in [0.15, 0.2) is 150 Å². The number of alkyl halides is 5. The van der Waals surface area contributed by atoms with Crippen molar-refractivity contribution in [3.05, 3.63) is 178 Å². The molecule has 6 aliphatic rings. The number of aromatic amines is 3. The summed E-state index contributed by atoms with van der Waals surface area (Å²) in [5.74, 6) is -14.2. The Balaban J connectivity index is 0.000000345. The van der Waals surface area contributed by atoms with Crippen LogP contribution in [0.1, 0.15) is 169 Å². The van der Waals surface area contributed by atoms with E-state index < -0.39 is 150 Å². The van der Waals surface area contributed by atoms with Gasteiger partial charge in [-0.15, -0.1) is 0 Å². The fourth-order valence-corrected chi connectivity index (χ4v) is 19.2. The number of aliphatic imine (C=N–C) groups is 1. The molecule has 32 nitrogen and oxygen atoms in total. The van der Waals surface area contributed by atoms with Crippen molar-refractivity contribution in [3.8, 4) is 5.75 Å². The Morgan fingerprint density at radius 2 is 1.23 bits per heavy atom. The predicted octanol–water partition coefficient (Wildman–Crippen LogP) is 5.96. The van der Waals surface area contributed by atoms with Gasteiger partial charge in [0.25, 0.3) is 0 Å². The SMILES string of the molecule is CC(=O)c1ccc([C@H]2C[C@@]3(C)[C@@H](CC[C@@]3(O)C(F)(F)C(F)(F)F)[C@@H]3CCC4=CC(=O)CCC4=C32)cc1.CCNC(=O)[C@@H]1CCCN1C(=O)[C@H](CCCN=C(N)N)NC(=O)[C@H](CC(C)C)NC(=O)[C@@H](Cc1c[nH]c2ccccc12)NC(=O)[C@H](Cc1ccc(O)cc1)NC(=O)[C@H](CO)NC(=O)[C@H](Cc1c[nH]c2ccccc12)NC(=O)[C@H](Cc1cnc[nH]1)NC(=O)[C@@H]1CCC(=O)N1. The summed E-state index contributed by atoms with van der Waals surface area (Å²) in [6.45, 7) is 7.97. The van der Waals surface area contributed by atoms with E-state index in [0.29, 0.717) is 94.8 Å². The lowest BCUT2D eigenvalue weighted by Crippen LogP contribution is -2.65. The molecule has 5 heterocycles. The van der Waals surface area contributed by atoms with Crippen molar-refractivity contribution in [2.45, 2.75) is 228 Å². The lowest BCUT2D eigenvalue weighted by Gasteiger charge is -2.56. The fourth-order valence-electron chi connectivity index (χ4n) is 19.2. The van der Waals surface area contributed by atoms with Crippen LogP contribution in [0.25, 0.3) is 21.8 Å². The number of carbonyl (C=O) groups is 12. The van der Waals surface area contributed by atoms with Crippen molar-refractivity contribution in [2.24, 2.45) is 39.6 Å². The molecule has 0 unspecified atom stereocenters. The molecule has 37 heteroatoms. The molecule has 2 saturated heterocycles. The summed E-state index contributed by atoms with van der Waals surface area (Å²) in [6, 6.07) is 15.2. The second-order valence-corrected chi connectivity index (χ2v) is 34.9. The summed E-state index contributed by atoms with van der Waals surface area (Å²) in [6.07, 6.45) is 4.20. The molecule has 14 atom stereocenters. The molecule has 129 heavy (non-hydrogen) atoms. The first kappa shape index (κ1) is 95.4. The van der Waals surface area contributed by atoms with Crippen LogP contribution in [-0.2, 0) is 78.4 Å². The first-order valence-corrected chi connectivity index (χ1v) is 43.6. The van der Waals surface area contributed by atoms with Crippen molar-refractivity contribution < 1.29 is 94.8 Å². The van der Waals surface area contributed by atoms with Crippen LogP contribution in [0, 0.1) is 23.2 Å². The number of carbonyl (C=O) groups excluding carboxylic acids is 12. The van der Waals surface area contributed by atoms with E-state index in [2.05, 4.69) is 72.8 Å². The van der Waals surface area contributed by atoms with Gasteiger partial charge in [0.05, 0.1) is 12.9 Å². The number of aliphatic hydroxyl groups excluding tert-OH is 1. The topological polar surface area (TPSA) is 502 Å². The van der Waals surface area contributed by atoms with Crippen LogP contribution < -0.4 is 59.3 Å². The van der Waals surface area contributed by atoms with E-state index in [1.165, 1.54) is 55.5 Å². The quantitative estimate of drug-likeness (QED) is 0.00716. The van der Waals surface area contributed by atoms with Crippen LogP contribution in [0.2, 0.25) is 0 Å². The van der Waals surface area contributed by atoms with E-state index in [0.717, 1.165) is 22.3 Å². The number of imidazole rings is 1. The minimum Gasteiger partial charge on any atom is -0.508 e. The first-order valence-electron chi connectivity index (χ1n) is 43.6. The maximum atomic E-state index is 15.1. The van der Waals surface area contributed by atoms with Gasteiger partial charge in [-0.05, 0) is 172 Å². The zero-order valence-electron chi connectivity index (χ0n) is 72.3. The van der Waals surface area contributed by atoms with Gasteiger partial charge in [-0.1, -0.05) is 99.1 Å². The number of nitrogens with two attached hydrogens (primary N) is 2. The minimum atomic E-state index is -5.87. The molecule has 7 aromatic rings. The van der Waals surface area contributed by atoms with Crippen molar-refractivity contribution in [1.82, 2.24) is 72.7 Å². The van der Waals surface area contributed by atoms with Crippen molar-refractivity contribution in [2.75, 3.05) is 26.2 Å². The van der Waals surface area contributed by atoms with Gasteiger partial charge in [0.15, 0.2) is 17.5 Å². The number of halogens is 5. The van der Waals surface area contributed by atoms with Crippen LogP contribution in [0.3, 0.4) is 0 Å². The Bertz CT molecular complexity index is 5400. The number of guanidine groups is 1. The van der Waals surface area contributed by atoms with Gasteiger partial charge in [0.1, 0.15) is 65.7 Å². The third-order valence-electron chi connectivity index (χ3n) is 25.8. The largest absolute Gasteiger partial charge is 0.508 e. The number of allylic oxidation sites excluding steroid dienone is 4. The van der Waals surface area contributed by atoms with Crippen molar-refractivity contribution in [3.63, 3.8) is 0 Å². The molecular weight excluding hydrogens is 1680 g/mol. The van der Waals surface area contributed by atoms with E-state index in [1.807, 2.05) is 38.1 Å². The number of H-pyrrole nitrogens is 3. The second-order valence-electron chi connectivity index (χ2n) is 34.9. The number of ketones is 2. The number of phenolic OH excluding ortho intramolecular Hbond substituents is 1. The average molecular weight is 1790 g/mol. The summed E-state index contributed by atoms with van der Waals surface area (Å²) >= 11 is 0. The Hall–Kier alpha value is -12.7. The molecule has 3 aromatic heterocycles. The highest BCUT2D eigenvalue weighted by atomic mass is 19.4. The summed E-state index contributed by atoms with van der Waals surface area (Å²) in [5.41, 5.74) is 13.9. The number of hydrogen-bond acceptors (Lipinski definition) is 17. The maximum absolute atomic E-state index is 15.1. The summed E-state index contributed by atoms with van der Waals surface area (Å²) in [7, 11) is 0. The molecule has 19 N–H and O–H groups in total. The predicted molar refractivity (Wildman–Crippen MR) is 465 cm³/mol. The summed E-state index contributed by atoms with van der Waals surface area (Å²) < 4.78 is 70.7. The number of aromatic hydroxyl groups is 1. The third-order valence-corrected chi connectivity index (χ3v) is 25.8. The number of aromatic nitrogens is 4. The Labute approximate surface area is 740 Å². The maximum Gasteiger partial charge on any atom is 0.456 e. The minimum absolute atomic E-state index is 0.0378. The second kappa shape index (κ2) is 41.2. The third kappa shape index (κ3) is 22.0. The van der Waals surface area contributed by atoms with Gasteiger partial charge in [0.2, 0.25) is 59.1 Å². The van der Waals surface area contributed by atoms with Crippen molar-refractivity contribution >= 4 is 98.4 Å². The Morgan fingerprint density at radius 1 is 0.659 bits per heavy atom. The molecule has 2 aliphatic heterocycles. The van der Waals surface area contributed by atoms with Crippen LogP contribution in [-0.4, -0.2) is 215 Å². The van der Waals surface area contributed by atoms with Gasteiger partial charge in [0, 0.05) is 121 Å². The lowest BCUT2D eigenvalue weighted by atomic mass is 9.50. The normalized spacial score (nSPS) is 21.8. The number of nitrogens with zero attached hydrogens (tertiary/aromatic N) is 3. The molecule has 13 rings (SSSR count). The fraction of sp³-hybridized carbons (Fsp3) is 0.478. The number of Topliss-reactive ketones (excluding diaryl/α,β-unsaturated/α-hetero) is 1. The number of likely N-dealkylation sites (tertiary alicyclic amines) is 1. The molecular formula is C92H112F5N17O15.